The van der Waals surface area contributed by atoms with Crippen molar-refractivity contribution in [2.45, 2.75) is 31.6 Å². The molecule has 1 amide bonds. The van der Waals surface area contributed by atoms with Gasteiger partial charge in [0.2, 0.25) is 5.91 Å². The Balaban J connectivity index is 2.18. The van der Waals surface area contributed by atoms with E-state index in [4.69, 9.17) is 5.11 Å². The highest BCUT2D eigenvalue weighted by molar-refractivity contribution is 8.00. The van der Waals surface area contributed by atoms with E-state index in [-0.39, 0.29) is 11.8 Å². The molecule has 1 unspecified atom stereocenters. The lowest BCUT2D eigenvalue weighted by molar-refractivity contribution is -0.141. The lowest BCUT2D eigenvalue weighted by Gasteiger charge is -2.08. The third kappa shape index (κ3) is 6.10. The van der Waals surface area contributed by atoms with Crippen molar-refractivity contribution in [1.82, 2.24) is 5.32 Å². The smallest absolute Gasteiger partial charge is 0.306 e. The topological polar surface area (TPSA) is 66.4 Å². The fourth-order valence-electron chi connectivity index (χ4n) is 1.67. The maximum atomic E-state index is 11.7. The lowest BCUT2D eigenvalue weighted by Crippen LogP contribution is -2.26. The third-order valence-electron chi connectivity index (χ3n) is 3.01. The summed E-state index contributed by atoms with van der Waals surface area (Å²) in [6.45, 7) is 4.23. The van der Waals surface area contributed by atoms with Crippen LogP contribution >= 0.6 is 11.8 Å². The summed E-state index contributed by atoms with van der Waals surface area (Å²) in [7, 11) is 0. The van der Waals surface area contributed by atoms with Crippen LogP contribution < -0.4 is 5.32 Å². The summed E-state index contributed by atoms with van der Waals surface area (Å²) in [5.41, 5.74) is 1.17. The zero-order chi connectivity index (χ0) is 15.0. The van der Waals surface area contributed by atoms with Crippen molar-refractivity contribution in [3.8, 4) is 0 Å². The molecule has 0 aliphatic heterocycles. The maximum absolute atomic E-state index is 11.7. The molecule has 110 valence electrons. The predicted molar refractivity (Wildman–Crippen MR) is 80.9 cm³/mol. The monoisotopic (exact) mass is 295 g/mol. The summed E-state index contributed by atoms with van der Waals surface area (Å²) < 4.78 is 0. The van der Waals surface area contributed by atoms with E-state index in [1.807, 2.05) is 31.2 Å². The molecule has 2 N–H and O–H groups in total. The highest BCUT2D eigenvalue weighted by Gasteiger charge is 2.10. The van der Waals surface area contributed by atoms with Crippen molar-refractivity contribution in [3.05, 3.63) is 29.8 Å². The Hall–Kier alpha value is -1.49. The first-order valence-corrected chi connectivity index (χ1v) is 7.67. The Bertz CT molecular complexity index is 462. The van der Waals surface area contributed by atoms with Gasteiger partial charge in [-0.3, -0.25) is 9.59 Å². The number of hydrogen-bond acceptors (Lipinski definition) is 3. The SMILES string of the molecule is Cc1ccccc1SCC(=O)NCCCC(C)C(=O)O. The van der Waals surface area contributed by atoms with Crippen LogP contribution in [0.4, 0.5) is 0 Å². The number of carboxylic acid groups (broad SMARTS) is 1. The van der Waals surface area contributed by atoms with Crippen molar-refractivity contribution >= 4 is 23.6 Å². The molecule has 0 saturated heterocycles. The molecular weight excluding hydrogens is 274 g/mol. The number of aryl methyl sites for hydroxylation is 1. The molecule has 0 aliphatic carbocycles. The molecule has 1 atom stereocenters. The van der Waals surface area contributed by atoms with Gasteiger partial charge >= 0.3 is 5.97 Å². The summed E-state index contributed by atoms with van der Waals surface area (Å²) in [6, 6.07) is 7.96. The first-order valence-electron chi connectivity index (χ1n) is 6.68. The zero-order valence-corrected chi connectivity index (χ0v) is 12.7. The van der Waals surface area contributed by atoms with Gasteiger partial charge in [-0.2, -0.15) is 0 Å². The number of benzene rings is 1. The Kier molecular flexibility index (Phi) is 7.15. The lowest BCUT2D eigenvalue weighted by atomic mass is 10.1. The van der Waals surface area contributed by atoms with Crippen LogP contribution in [0.1, 0.15) is 25.3 Å². The number of carboxylic acids is 1. The number of aliphatic carboxylic acids is 1. The average Bonchev–Trinajstić information content (AvgIpc) is 2.42. The second-order valence-corrected chi connectivity index (χ2v) is 5.80. The van der Waals surface area contributed by atoms with Crippen molar-refractivity contribution in [1.29, 1.82) is 0 Å². The summed E-state index contributed by atoms with van der Waals surface area (Å²) in [5.74, 6) is -0.764. The van der Waals surface area contributed by atoms with Gasteiger partial charge in [0.05, 0.1) is 11.7 Å². The number of amides is 1. The second-order valence-electron chi connectivity index (χ2n) is 4.79. The van der Waals surface area contributed by atoms with E-state index in [9.17, 15) is 9.59 Å². The van der Waals surface area contributed by atoms with Crippen molar-refractivity contribution < 1.29 is 14.7 Å². The zero-order valence-electron chi connectivity index (χ0n) is 11.9. The average molecular weight is 295 g/mol. The number of thioether (sulfide) groups is 1. The van der Waals surface area contributed by atoms with Gasteiger partial charge in [0, 0.05) is 11.4 Å². The maximum Gasteiger partial charge on any atom is 0.306 e. The Labute approximate surface area is 124 Å². The number of carbonyl (C=O) groups is 2. The normalized spacial score (nSPS) is 11.9. The van der Waals surface area contributed by atoms with Crippen molar-refractivity contribution in [2.24, 2.45) is 5.92 Å². The molecule has 4 nitrogen and oxygen atoms in total. The molecule has 0 radical (unpaired) electrons. The number of rotatable bonds is 8. The molecule has 20 heavy (non-hydrogen) atoms. The quantitative estimate of drug-likeness (QED) is 0.571. The Morgan fingerprint density at radius 2 is 2.05 bits per heavy atom. The molecule has 0 heterocycles. The summed E-state index contributed by atoms with van der Waals surface area (Å²) in [5, 5.41) is 11.6. The predicted octanol–water partition coefficient (Wildman–Crippen LogP) is 2.70. The van der Waals surface area contributed by atoms with Crippen LogP contribution in [0.25, 0.3) is 0 Å². The molecule has 0 fully saturated rings. The van der Waals surface area contributed by atoms with Gasteiger partial charge in [-0.1, -0.05) is 25.1 Å². The minimum absolute atomic E-state index is 0.0127. The number of carbonyl (C=O) groups excluding carboxylic acids is 1. The van der Waals surface area contributed by atoms with Gasteiger partial charge in [0.25, 0.3) is 0 Å². The largest absolute Gasteiger partial charge is 0.481 e. The molecule has 0 bridgehead atoms. The van der Waals surface area contributed by atoms with Crippen LogP contribution in [-0.4, -0.2) is 29.3 Å². The van der Waals surface area contributed by atoms with Crippen LogP contribution in [0.15, 0.2) is 29.2 Å². The summed E-state index contributed by atoms with van der Waals surface area (Å²) >= 11 is 1.52. The first kappa shape index (κ1) is 16.6. The van der Waals surface area contributed by atoms with Crippen LogP contribution in [0.3, 0.4) is 0 Å². The Morgan fingerprint density at radius 1 is 1.35 bits per heavy atom. The van der Waals surface area contributed by atoms with E-state index in [1.54, 1.807) is 6.92 Å². The molecule has 0 saturated carbocycles. The molecule has 1 aromatic carbocycles. The second kappa shape index (κ2) is 8.64. The molecule has 0 aromatic heterocycles. The van der Waals surface area contributed by atoms with Gasteiger partial charge in [-0.05, 0) is 31.4 Å². The van der Waals surface area contributed by atoms with Crippen LogP contribution in [0, 0.1) is 12.8 Å². The van der Waals surface area contributed by atoms with E-state index >= 15 is 0 Å². The van der Waals surface area contributed by atoms with E-state index in [0.717, 1.165) is 4.90 Å². The van der Waals surface area contributed by atoms with E-state index in [0.29, 0.717) is 25.1 Å². The molecule has 1 rings (SSSR count). The van der Waals surface area contributed by atoms with Crippen molar-refractivity contribution in [3.63, 3.8) is 0 Å². The van der Waals surface area contributed by atoms with Gasteiger partial charge in [0.1, 0.15) is 0 Å². The molecule has 0 spiro atoms. The van der Waals surface area contributed by atoms with E-state index in [2.05, 4.69) is 5.32 Å². The van der Waals surface area contributed by atoms with Crippen LogP contribution in [-0.2, 0) is 9.59 Å². The number of nitrogens with one attached hydrogen (secondary N) is 1. The first-order chi connectivity index (χ1) is 9.50. The van der Waals surface area contributed by atoms with Crippen LogP contribution in [0.5, 0.6) is 0 Å². The minimum atomic E-state index is -0.786. The van der Waals surface area contributed by atoms with Crippen molar-refractivity contribution in [2.75, 3.05) is 12.3 Å². The fraction of sp³-hybridized carbons (Fsp3) is 0.467. The van der Waals surface area contributed by atoms with E-state index < -0.39 is 5.97 Å². The Morgan fingerprint density at radius 3 is 2.70 bits per heavy atom. The minimum Gasteiger partial charge on any atom is -0.481 e. The fourth-order valence-corrected chi connectivity index (χ4v) is 2.53. The highest BCUT2D eigenvalue weighted by atomic mass is 32.2. The molecule has 1 aromatic rings. The standard InChI is InChI=1S/C15H21NO3S/c1-11-6-3-4-8-13(11)20-10-14(17)16-9-5-7-12(2)15(18)19/h3-4,6,8,12H,5,7,9-10H2,1-2H3,(H,16,17)(H,18,19). The van der Waals surface area contributed by atoms with Gasteiger partial charge in [-0.15, -0.1) is 11.8 Å². The molecular formula is C15H21NO3S. The molecule has 0 aliphatic rings. The van der Waals surface area contributed by atoms with Gasteiger partial charge < -0.3 is 10.4 Å². The summed E-state index contributed by atoms with van der Waals surface area (Å²) in [4.78, 5) is 23.4. The van der Waals surface area contributed by atoms with Gasteiger partial charge in [0.15, 0.2) is 0 Å². The van der Waals surface area contributed by atoms with E-state index in [1.165, 1.54) is 17.3 Å². The van der Waals surface area contributed by atoms with Crippen LogP contribution in [0.2, 0.25) is 0 Å². The summed E-state index contributed by atoms with van der Waals surface area (Å²) in [6.07, 6.45) is 1.27. The third-order valence-corrected chi connectivity index (χ3v) is 4.19. The molecule has 5 heteroatoms. The van der Waals surface area contributed by atoms with Gasteiger partial charge in [-0.25, -0.2) is 0 Å². The highest BCUT2D eigenvalue weighted by Crippen LogP contribution is 2.21. The number of hydrogen-bond donors (Lipinski definition) is 2.